The molecule has 0 amide bonds. The van der Waals surface area contributed by atoms with E-state index < -0.39 is 0 Å². The molecule has 0 saturated heterocycles. The SMILES string of the molecule is Cc1cccc(-n2nc(C)c(O)c2C)n1. The minimum absolute atomic E-state index is 0.235. The zero-order valence-electron chi connectivity index (χ0n) is 9.02. The van der Waals surface area contributed by atoms with E-state index in [0.717, 1.165) is 11.5 Å². The Kier molecular flexibility index (Phi) is 2.19. The van der Waals surface area contributed by atoms with Crippen molar-refractivity contribution in [3.05, 3.63) is 35.3 Å². The van der Waals surface area contributed by atoms with Crippen molar-refractivity contribution in [1.29, 1.82) is 0 Å². The van der Waals surface area contributed by atoms with E-state index in [9.17, 15) is 5.11 Å². The highest BCUT2D eigenvalue weighted by Crippen LogP contribution is 2.22. The maximum absolute atomic E-state index is 9.65. The molecule has 4 nitrogen and oxygen atoms in total. The van der Waals surface area contributed by atoms with E-state index in [1.54, 1.807) is 11.6 Å². The van der Waals surface area contributed by atoms with Crippen LogP contribution in [-0.4, -0.2) is 19.9 Å². The van der Waals surface area contributed by atoms with E-state index in [-0.39, 0.29) is 5.75 Å². The lowest BCUT2D eigenvalue weighted by Crippen LogP contribution is -2.02. The molecule has 0 spiro atoms. The molecule has 0 bridgehead atoms. The van der Waals surface area contributed by atoms with Gasteiger partial charge in [-0.3, -0.25) is 0 Å². The summed E-state index contributed by atoms with van der Waals surface area (Å²) < 4.78 is 1.65. The van der Waals surface area contributed by atoms with Crippen LogP contribution in [0.5, 0.6) is 5.75 Å². The van der Waals surface area contributed by atoms with Crippen LogP contribution in [0.25, 0.3) is 5.82 Å². The quantitative estimate of drug-likeness (QED) is 0.770. The molecule has 2 aromatic rings. The van der Waals surface area contributed by atoms with Gasteiger partial charge < -0.3 is 5.11 Å². The van der Waals surface area contributed by atoms with E-state index in [1.807, 2.05) is 32.0 Å². The molecule has 15 heavy (non-hydrogen) atoms. The average Bonchev–Trinajstić information content (AvgIpc) is 2.46. The summed E-state index contributed by atoms with van der Waals surface area (Å²) in [5.41, 5.74) is 2.26. The second kappa shape index (κ2) is 3.38. The lowest BCUT2D eigenvalue weighted by atomic mass is 10.3. The van der Waals surface area contributed by atoms with Crippen LogP contribution in [0.1, 0.15) is 17.1 Å². The van der Waals surface area contributed by atoms with Crippen molar-refractivity contribution in [3.8, 4) is 11.6 Å². The highest BCUT2D eigenvalue weighted by Gasteiger charge is 2.11. The minimum Gasteiger partial charge on any atom is -0.504 e. The molecule has 4 heteroatoms. The van der Waals surface area contributed by atoms with Crippen molar-refractivity contribution in [1.82, 2.24) is 14.8 Å². The average molecular weight is 203 g/mol. The van der Waals surface area contributed by atoms with Gasteiger partial charge in [-0.2, -0.15) is 5.10 Å². The predicted molar refractivity (Wildman–Crippen MR) is 57.2 cm³/mol. The van der Waals surface area contributed by atoms with Gasteiger partial charge in [-0.05, 0) is 32.9 Å². The third-order valence-corrected chi connectivity index (χ3v) is 2.34. The summed E-state index contributed by atoms with van der Waals surface area (Å²) in [6.07, 6.45) is 0. The summed E-state index contributed by atoms with van der Waals surface area (Å²) in [4.78, 5) is 4.35. The molecule has 0 aromatic carbocycles. The van der Waals surface area contributed by atoms with Crippen molar-refractivity contribution < 1.29 is 5.11 Å². The molecule has 0 fully saturated rings. The molecule has 0 aliphatic heterocycles. The normalized spacial score (nSPS) is 10.6. The highest BCUT2D eigenvalue weighted by atomic mass is 16.3. The maximum Gasteiger partial charge on any atom is 0.160 e. The van der Waals surface area contributed by atoms with Crippen LogP contribution >= 0.6 is 0 Å². The van der Waals surface area contributed by atoms with Crippen LogP contribution in [0.3, 0.4) is 0 Å². The first kappa shape index (κ1) is 9.71. The van der Waals surface area contributed by atoms with Gasteiger partial charge in [-0.1, -0.05) is 6.07 Å². The fourth-order valence-electron chi connectivity index (χ4n) is 1.50. The van der Waals surface area contributed by atoms with Crippen LogP contribution in [0.15, 0.2) is 18.2 Å². The largest absolute Gasteiger partial charge is 0.504 e. The molecule has 2 rings (SSSR count). The predicted octanol–water partition coefficient (Wildman–Crippen LogP) is 1.90. The van der Waals surface area contributed by atoms with Gasteiger partial charge in [0, 0.05) is 5.69 Å². The molecule has 0 unspecified atom stereocenters. The van der Waals surface area contributed by atoms with E-state index in [0.29, 0.717) is 11.4 Å². The summed E-state index contributed by atoms with van der Waals surface area (Å²) >= 11 is 0. The van der Waals surface area contributed by atoms with Gasteiger partial charge in [0.25, 0.3) is 0 Å². The van der Waals surface area contributed by atoms with Gasteiger partial charge in [0.1, 0.15) is 5.69 Å². The maximum atomic E-state index is 9.65. The summed E-state index contributed by atoms with van der Waals surface area (Å²) in [5.74, 6) is 0.967. The van der Waals surface area contributed by atoms with Gasteiger partial charge in [0.15, 0.2) is 11.6 Å². The van der Waals surface area contributed by atoms with E-state index >= 15 is 0 Å². The highest BCUT2D eigenvalue weighted by molar-refractivity contribution is 5.36. The number of aromatic nitrogens is 3. The van der Waals surface area contributed by atoms with E-state index in [2.05, 4.69) is 10.1 Å². The second-order valence-electron chi connectivity index (χ2n) is 3.57. The minimum atomic E-state index is 0.235. The molecule has 0 atom stereocenters. The lowest BCUT2D eigenvalue weighted by molar-refractivity contribution is 0.466. The molecule has 0 aliphatic rings. The Morgan fingerprint density at radius 1 is 1.20 bits per heavy atom. The van der Waals surface area contributed by atoms with Gasteiger partial charge >= 0.3 is 0 Å². The fraction of sp³-hybridized carbons (Fsp3) is 0.273. The molecule has 78 valence electrons. The molecule has 2 aromatic heterocycles. The Morgan fingerprint density at radius 3 is 2.47 bits per heavy atom. The van der Waals surface area contributed by atoms with Crippen LogP contribution < -0.4 is 0 Å². The number of nitrogens with zero attached hydrogens (tertiary/aromatic N) is 3. The number of rotatable bonds is 1. The monoisotopic (exact) mass is 203 g/mol. The number of hydrogen-bond acceptors (Lipinski definition) is 3. The summed E-state index contributed by atoms with van der Waals surface area (Å²) in [6, 6.07) is 5.71. The molecule has 1 N–H and O–H groups in total. The van der Waals surface area contributed by atoms with Gasteiger partial charge in [-0.15, -0.1) is 0 Å². The van der Waals surface area contributed by atoms with Crippen LogP contribution in [-0.2, 0) is 0 Å². The van der Waals surface area contributed by atoms with Crippen molar-refractivity contribution in [3.63, 3.8) is 0 Å². The fourth-order valence-corrected chi connectivity index (χ4v) is 1.50. The molecule has 0 aliphatic carbocycles. The topological polar surface area (TPSA) is 50.9 Å². The molecule has 0 saturated carbocycles. The van der Waals surface area contributed by atoms with Gasteiger partial charge in [-0.25, -0.2) is 9.67 Å². The standard InChI is InChI=1S/C11H13N3O/c1-7-5-4-6-10(12-7)14-9(3)11(15)8(2)13-14/h4-6,15H,1-3H3. The van der Waals surface area contributed by atoms with E-state index in [4.69, 9.17) is 0 Å². The Balaban J connectivity index is 2.59. The van der Waals surface area contributed by atoms with Crippen LogP contribution in [0, 0.1) is 20.8 Å². The number of hydrogen-bond donors (Lipinski definition) is 1. The van der Waals surface area contributed by atoms with Crippen LogP contribution in [0.2, 0.25) is 0 Å². The zero-order chi connectivity index (χ0) is 11.0. The third-order valence-electron chi connectivity index (χ3n) is 2.34. The Labute approximate surface area is 88.2 Å². The first-order chi connectivity index (χ1) is 7.09. The first-order valence-corrected chi connectivity index (χ1v) is 4.79. The third kappa shape index (κ3) is 1.58. The number of aromatic hydroxyl groups is 1. The summed E-state index contributed by atoms with van der Waals surface area (Å²) in [5, 5.41) is 13.9. The van der Waals surface area contributed by atoms with Crippen molar-refractivity contribution in [2.45, 2.75) is 20.8 Å². The van der Waals surface area contributed by atoms with Gasteiger partial charge in [0.2, 0.25) is 0 Å². The number of aryl methyl sites for hydroxylation is 2. The second-order valence-corrected chi connectivity index (χ2v) is 3.57. The summed E-state index contributed by atoms with van der Waals surface area (Å²) in [7, 11) is 0. The van der Waals surface area contributed by atoms with Crippen LogP contribution in [0.4, 0.5) is 0 Å². The van der Waals surface area contributed by atoms with Gasteiger partial charge in [0.05, 0.1) is 5.69 Å². The van der Waals surface area contributed by atoms with Crippen molar-refractivity contribution >= 4 is 0 Å². The Hall–Kier alpha value is -1.84. The molecular weight excluding hydrogens is 190 g/mol. The Morgan fingerprint density at radius 2 is 1.93 bits per heavy atom. The number of pyridine rings is 1. The van der Waals surface area contributed by atoms with Crippen molar-refractivity contribution in [2.24, 2.45) is 0 Å². The zero-order valence-corrected chi connectivity index (χ0v) is 9.02. The van der Waals surface area contributed by atoms with Crippen molar-refractivity contribution in [2.75, 3.05) is 0 Å². The smallest absolute Gasteiger partial charge is 0.160 e. The molecule has 0 radical (unpaired) electrons. The van der Waals surface area contributed by atoms with E-state index in [1.165, 1.54) is 0 Å². The Bertz CT molecular complexity index is 503. The lowest BCUT2D eigenvalue weighted by Gasteiger charge is -2.03. The summed E-state index contributed by atoms with van der Waals surface area (Å²) in [6.45, 7) is 5.52. The molecule has 2 heterocycles. The molecular formula is C11H13N3O. The first-order valence-electron chi connectivity index (χ1n) is 4.79.